The molecule has 0 heterocycles. The smallest absolute Gasteiger partial charge is 0.336 e. The molecule has 0 fully saturated rings. The molecule has 0 amide bonds. The summed E-state index contributed by atoms with van der Waals surface area (Å²) in [6.07, 6.45) is 1.14. The summed E-state index contributed by atoms with van der Waals surface area (Å²) in [7, 11) is 0. The van der Waals surface area contributed by atoms with Crippen LogP contribution < -0.4 is 4.74 Å². The van der Waals surface area contributed by atoms with Crippen molar-refractivity contribution >= 4 is 35.1 Å². The number of hydrogen-bond donors (Lipinski definition) is 0. The first kappa shape index (κ1) is 14.3. The van der Waals surface area contributed by atoms with Gasteiger partial charge in [-0.25, -0.2) is 4.79 Å². The molecule has 0 aliphatic heterocycles. The van der Waals surface area contributed by atoms with Crippen LogP contribution in [-0.2, 0) is 4.79 Å². The molecule has 1 rings (SSSR count). The number of benzene rings is 1. The summed E-state index contributed by atoms with van der Waals surface area (Å²) in [5, 5.41) is 11.4. The van der Waals surface area contributed by atoms with E-state index in [0.717, 1.165) is 17.8 Å². The molecule has 1 aromatic rings. The number of ketones is 1. The molecule has 0 bridgehead atoms. The van der Waals surface area contributed by atoms with Crippen molar-refractivity contribution in [2.24, 2.45) is 0 Å². The number of alkyl halides is 1. The second-order valence-electron chi connectivity index (χ2n) is 3.01. The van der Waals surface area contributed by atoms with Gasteiger partial charge in [0.25, 0.3) is 0 Å². The number of carbonyl (C=O) groups excluding carboxylic acids is 2. The molecular formula is C12H8ClNO3S. The number of rotatable bonds is 5. The van der Waals surface area contributed by atoms with Gasteiger partial charge in [-0.2, -0.15) is 5.26 Å². The molecule has 0 atom stereocenters. The summed E-state index contributed by atoms with van der Waals surface area (Å²) >= 11 is 6.23. The van der Waals surface area contributed by atoms with Crippen molar-refractivity contribution in [3.05, 3.63) is 41.3 Å². The summed E-state index contributed by atoms with van der Waals surface area (Å²) < 4.78 is 4.94. The van der Waals surface area contributed by atoms with Gasteiger partial charge in [-0.1, -0.05) is 0 Å². The Morgan fingerprint density at radius 2 is 2.06 bits per heavy atom. The molecule has 6 heteroatoms. The Morgan fingerprint density at radius 3 is 2.61 bits per heavy atom. The fraction of sp³-hybridized carbons (Fsp3) is 0.0833. The van der Waals surface area contributed by atoms with Gasteiger partial charge in [-0.05, 0) is 41.4 Å². The highest BCUT2D eigenvalue weighted by Crippen LogP contribution is 2.13. The van der Waals surface area contributed by atoms with E-state index in [1.54, 1.807) is 5.40 Å². The highest BCUT2D eigenvalue weighted by molar-refractivity contribution is 8.06. The van der Waals surface area contributed by atoms with Crippen molar-refractivity contribution in [1.82, 2.24) is 0 Å². The second kappa shape index (κ2) is 7.54. The maximum Gasteiger partial charge on any atom is 0.336 e. The molecule has 0 aliphatic carbocycles. The van der Waals surface area contributed by atoms with Crippen LogP contribution in [0.1, 0.15) is 10.4 Å². The van der Waals surface area contributed by atoms with E-state index in [1.807, 2.05) is 0 Å². The van der Waals surface area contributed by atoms with E-state index in [4.69, 9.17) is 21.6 Å². The fourth-order valence-electron chi connectivity index (χ4n) is 1.06. The minimum absolute atomic E-state index is 0.0900. The topological polar surface area (TPSA) is 67.2 Å². The molecule has 0 unspecified atom stereocenters. The van der Waals surface area contributed by atoms with Crippen LogP contribution in [0, 0.1) is 10.7 Å². The monoisotopic (exact) mass is 281 g/mol. The average molecular weight is 282 g/mol. The van der Waals surface area contributed by atoms with Crippen LogP contribution in [0.3, 0.4) is 0 Å². The Labute approximate surface area is 113 Å². The number of nitriles is 1. The summed E-state index contributed by atoms with van der Waals surface area (Å²) in [4.78, 5) is 22.5. The normalized spacial score (nSPS) is 10.0. The van der Waals surface area contributed by atoms with Crippen molar-refractivity contribution in [2.75, 3.05) is 5.88 Å². The summed E-state index contributed by atoms with van der Waals surface area (Å²) in [6, 6.07) is 6.06. The molecule has 0 aromatic heterocycles. The highest BCUT2D eigenvalue weighted by Gasteiger charge is 2.05. The van der Waals surface area contributed by atoms with E-state index in [2.05, 4.69) is 0 Å². The van der Waals surface area contributed by atoms with Crippen LogP contribution >= 0.6 is 23.4 Å². The Morgan fingerprint density at radius 1 is 1.39 bits per heavy atom. The lowest BCUT2D eigenvalue weighted by molar-refractivity contribution is -0.128. The van der Waals surface area contributed by atoms with Gasteiger partial charge in [0.2, 0.25) is 0 Å². The zero-order valence-electron chi connectivity index (χ0n) is 9.13. The lowest BCUT2D eigenvalue weighted by atomic mass is 10.1. The van der Waals surface area contributed by atoms with E-state index >= 15 is 0 Å². The van der Waals surface area contributed by atoms with Crippen LogP contribution in [-0.4, -0.2) is 17.6 Å². The SMILES string of the molecule is N#CS/C=C\C(=O)Oc1ccc(C(=O)CCl)cc1. The van der Waals surface area contributed by atoms with Gasteiger partial charge in [-0.15, -0.1) is 11.6 Å². The van der Waals surface area contributed by atoms with Crippen molar-refractivity contribution in [3.63, 3.8) is 0 Å². The quantitative estimate of drug-likeness (QED) is 0.207. The largest absolute Gasteiger partial charge is 0.423 e. The molecule has 0 aliphatic rings. The molecule has 0 N–H and O–H groups in total. The van der Waals surface area contributed by atoms with E-state index in [-0.39, 0.29) is 11.7 Å². The van der Waals surface area contributed by atoms with Crippen molar-refractivity contribution < 1.29 is 14.3 Å². The molecule has 1 aromatic carbocycles. The van der Waals surface area contributed by atoms with Gasteiger partial charge in [0.05, 0.1) is 5.88 Å². The van der Waals surface area contributed by atoms with Crippen molar-refractivity contribution in [1.29, 1.82) is 5.26 Å². The number of Topliss-reactive ketones (excluding diaryl/α,β-unsaturated/α-hetero) is 1. The number of thioether (sulfide) groups is 1. The van der Waals surface area contributed by atoms with Gasteiger partial charge in [0, 0.05) is 11.6 Å². The Bertz CT molecular complexity index is 505. The van der Waals surface area contributed by atoms with E-state index in [9.17, 15) is 9.59 Å². The van der Waals surface area contributed by atoms with Crippen molar-refractivity contribution in [2.45, 2.75) is 0 Å². The number of carbonyl (C=O) groups is 2. The molecule has 4 nitrogen and oxygen atoms in total. The highest BCUT2D eigenvalue weighted by atomic mass is 35.5. The minimum Gasteiger partial charge on any atom is -0.423 e. The number of hydrogen-bond acceptors (Lipinski definition) is 5. The first-order valence-electron chi connectivity index (χ1n) is 4.79. The lowest BCUT2D eigenvalue weighted by Gasteiger charge is -2.02. The van der Waals surface area contributed by atoms with Crippen LogP contribution in [0.25, 0.3) is 0 Å². The Hall–Kier alpha value is -1.77. The summed E-state index contributed by atoms with van der Waals surface area (Å²) in [5.41, 5.74) is 0.459. The molecule has 0 spiro atoms. The first-order chi connectivity index (χ1) is 8.67. The van der Waals surface area contributed by atoms with E-state index < -0.39 is 5.97 Å². The third-order valence-corrected chi connectivity index (χ3v) is 2.46. The lowest BCUT2D eigenvalue weighted by Crippen LogP contribution is -2.04. The van der Waals surface area contributed by atoms with Crippen LogP contribution in [0.2, 0.25) is 0 Å². The van der Waals surface area contributed by atoms with Gasteiger partial charge in [0.15, 0.2) is 5.78 Å². The van der Waals surface area contributed by atoms with Crippen molar-refractivity contribution in [3.8, 4) is 11.2 Å². The Kier molecular flexibility index (Phi) is 5.98. The van der Waals surface area contributed by atoms with Gasteiger partial charge >= 0.3 is 5.97 Å². The third-order valence-electron chi connectivity index (χ3n) is 1.84. The predicted molar refractivity (Wildman–Crippen MR) is 69.5 cm³/mol. The second-order valence-corrected chi connectivity index (χ2v) is 3.97. The average Bonchev–Trinajstić information content (AvgIpc) is 2.39. The summed E-state index contributed by atoms with van der Waals surface area (Å²) in [6.45, 7) is 0. The first-order valence-corrected chi connectivity index (χ1v) is 6.21. The van der Waals surface area contributed by atoms with Crippen LogP contribution in [0.5, 0.6) is 5.75 Å². The zero-order valence-corrected chi connectivity index (χ0v) is 10.7. The number of nitrogens with zero attached hydrogens (tertiary/aromatic N) is 1. The molecule has 0 radical (unpaired) electrons. The maximum atomic E-state index is 11.2. The number of thiocyanates is 1. The molecule has 0 saturated heterocycles. The van der Waals surface area contributed by atoms with Gasteiger partial charge in [0.1, 0.15) is 11.2 Å². The van der Waals surface area contributed by atoms with Gasteiger partial charge in [-0.3, -0.25) is 4.79 Å². The zero-order chi connectivity index (χ0) is 13.4. The van der Waals surface area contributed by atoms with Gasteiger partial charge < -0.3 is 4.74 Å². The predicted octanol–water partition coefficient (Wildman–Crippen LogP) is 2.74. The Balaban J connectivity index is 2.61. The number of esters is 1. The summed E-state index contributed by atoms with van der Waals surface area (Å²) in [5.74, 6) is -0.556. The maximum absolute atomic E-state index is 11.2. The fourth-order valence-corrected chi connectivity index (χ4v) is 1.45. The van der Waals surface area contributed by atoms with E-state index in [1.165, 1.54) is 29.7 Å². The molecule has 18 heavy (non-hydrogen) atoms. The van der Waals surface area contributed by atoms with E-state index in [0.29, 0.717) is 11.3 Å². The number of ether oxygens (including phenoxy) is 1. The molecular weight excluding hydrogens is 274 g/mol. The molecule has 92 valence electrons. The minimum atomic E-state index is -0.589. The number of halogens is 1. The molecule has 0 saturated carbocycles. The third kappa shape index (κ3) is 4.62. The van der Waals surface area contributed by atoms with Crippen LogP contribution in [0.15, 0.2) is 35.7 Å². The standard InChI is InChI=1S/C12H8ClNO3S/c13-7-11(15)9-1-3-10(4-2-9)17-12(16)5-6-18-8-14/h1-6H,7H2/b6-5-. The van der Waals surface area contributed by atoms with Crippen LogP contribution in [0.4, 0.5) is 0 Å².